The van der Waals surface area contributed by atoms with Crippen molar-refractivity contribution in [2.24, 2.45) is 5.73 Å². The van der Waals surface area contributed by atoms with Gasteiger partial charge in [-0.1, -0.05) is 23.7 Å². The van der Waals surface area contributed by atoms with Crippen LogP contribution in [0.15, 0.2) is 24.3 Å². The van der Waals surface area contributed by atoms with E-state index in [1.165, 1.54) is 0 Å². The van der Waals surface area contributed by atoms with Gasteiger partial charge in [-0.2, -0.15) is 0 Å². The highest BCUT2D eigenvalue weighted by Gasteiger charge is 2.09. The standard InChI is InChI=1S/C11H15ClN2O.ClH/c1-2-14(11(15)7-13)8-9-3-5-10(12)6-4-9;/h3-6H,2,7-8,13H2,1H3;1H. The van der Waals surface area contributed by atoms with Crippen molar-refractivity contribution < 1.29 is 4.79 Å². The number of amides is 1. The van der Waals surface area contributed by atoms with E-state index in [9.17, 15) is 4.79 Å². The van der Waals surface area contributed by atoms with Crippen LogP contribution in [0.2, 0.25) is 5.02 Å². The lowest BCUT2D eigenvalue weighted by Crippen LogP contribution is -2.35. The van der Waals surface area contributed by atoms with Crippen molar-refractivity contribution in [1.29, 1.82) is 0 Å². The van der Waals surface area contributed by atoms with Crippen molar-refractivity contribution in [2.45, 2.75) is 13.5 Å². The molecule has 0 unspecified atom stereocenters. The average Bonchev–Trinajstić information content (AvgIpc) is 2.27. The molecular weight excluding hydrogens is 247 g/mol. The van der Waals surface area contributed by atoms with Crippen LogP contribution in [-0.2, 0) is 11.3 Å². The molecule has 0 atom stereocenters. The van der Waals surface area contributed by atoms with E-state index >= 15 is 0 Å². The maximum absolute atomic E-state index is 11.4. The van der Waals surface area contributed by atoms with Crippen molar-refractivity contribution >= 4 is 29.9 Å². The van der Waals surface area contributed by atoms with E-state index < -0.39 is 0 Å². The number of rotatable bonds is 4. The highest BCUT2D eigenvalue weighted by molar-refractivity contribution is 6.30. The predicted octanol–water partition coefficient (Wildman–Crippen LogP) is 2.07. The third kappa shape index (κ3) is 4.39. The van der Waals surface area contributed by atoms with Gasteiger partial charge in [-0.3, -0.25) is 4.79 Å². The molecule has 1 aromatic carbocycles. The second kappa shape index (κ2) is 7.49. The molecule has 90 valence electrons. The molecule has 0 saturated carbocycles. The number of benzene rings is 1. The fourth-order valence-electron chi connectivity index (χ4n) is 1.32. The van der Waals surface area contributed by atoms with Gasteiger partial charge in [0.05, 0.1) is 6.54 Å². The molecule has 1 aromatic rings. The van der Waals surface area contributed by atoms with Crippen molar-refractivity contribution in [2.75, 3.05) is 13.1 Å². The first-order valence-electron chi connectivity index (χ1n) is 4.89. The van der Waals surface area contributed by atoms with Gasteiger partial charge in [0.2, 0.25) is 5.91 Å². The molecule has 16 heavy (non-hydrogen) atoms. The van der Waals surface area contributed by atoms with Gasteiger partial charge in [0.15, 0.2) is 0 Å². The summed E-state index contributed by atoms with van der Waals surface area (Å²) < 4.78 is 0. The minimum absolute atomic E-state index is 0. The summed E-state index contributed by atoms with van der Waals surface area (Å²) in [5.74, 6) is -0.0348. The fraction of sp³-hybridized carbons (Fsp3) is 0.364. The van der Waals surface area contributed by atoms with Crippen molar-refractivity contribution in [1.82, 2.24) is 4.90 Å². The summed E-state index contributed by atoms with van der Waals surface area (Å²) in [6, 6.07) is 7.46. The average molecular weight is 263 g/mol. The van der Waals surface area contributed by atoms with E-state index in [0.29, 0.717) is 18.1 Å². The minimum Gasteiger partial charge on any atom is -0.338 e. The van der Waals surface area contributed by atoms with Gasteiger partial charge < -0.3 is 10.6 Å². The molecular formula is C11H16Cl2N2O. The number of carbonyl (C=O) groups excluding carboxylic acids is 1. The van der Waals surface area contributed by atoms with Crippen LogP contribution in [-0.4, -0.2) is 23.9 Å². The quantitative estimate of drug-likeness (QED) is 0.903. The van der Waals surface area contributed by atoms with Crippen LogP contribution in [0.25, 0.3) is 0 Å². The molecule has 1 rings (SSSR count). The Morgan fingerprint density at radius 3 is 2.38 bits per heavy atom. The van der Waals surface area contributed by atoms with Gasteiger partial charge >= 0.3 is 0 Å². The Labute approximate surface area is 107 Å². The lowest BCUT2D eigenvalue weighted by molar-refractivity contribution is -0.130. The molecule has 0 spiro atoms. The molecule has 2 N–H and O–H groups in total. The molecule has 0 bridgehead atoms. The molecule has 0 aromatic heterocycles. The third-order valence-electron chi connectivity index (χ3n) is 2.20. The summed E-state index contributed by atoms with van der Waals surface area (Å²) in [5.41, 5.74) is 6.37. The number of nitrogens with two attached hydrogens (primary N) is 1. The van der Waals surface area contributed by atoms with Crippen LogP contribution in [0.1, 0.15) is 12.5 Å². The predicted molar refractivity (Wildman–Crippen MR) is 68.8 cm³/mol. The molecule has 0 aliphatic rings. The zero-order chi connectivity index (χ0) is 11.3. The van der Waals surface area contributed by atoms with Gasteiger partial charge in [-0.25, -0.2) is 0 Å². The Morgan fingerprint density at radius 1 is 1.38 bits per heavy atom. The zero-order valence-electron chi connectivity index (χ0n) is 9.15. The van der Waals surface area contributed by atoms with E-state index in [2.05, 4.69) is 0 Å². The Kier molecular flexibility index (Phi) is 7.13. The SMILES string of the molecule is CCN(Cc1ccc(Cl)cc1)C(=O)CN.Cl. The first kappa shape index (κ1) is 15.2. The normalized spacial score (nSPS) is 9.44. The van der Waals surface area contributed by atoms with Crippen LogP contribution < -0.4 is 5.73 Å². The van der Waals surface area contributed by atoms with Crippen LogP contribution in [0, 0.1) is 0 Å². The second-order valence-corrected chi connectivity index (χ2v) is 3.67. The van der Waals surface area contributed by atoms with Crippen LogP contribution >= 0.6 is 24.0 Å². The first-order valence-corrected chi connectivity index (χ1v) is 5.27. The van der Waals surface area contributed by atoms with Gasteiger partial charge in [-0.05, 0) is 24.6 Å². The Morgan fingerprint density at radius 2 is 1.94 bits per heavy atom. The second-order valence-electron chi connectivity index (χ2n) is 3.24. The lowest BCUT2D eigenvalue weighted by atomic mass is 10.2. The number of hydrogen-bond acceptors (Lipinski definition) is 2. The van der Waals surface area contributed by atoms with E-state index in [-0.39, 0.29) is 24.9 Å². The lowest BCUT2D eigenvalue weighted by Gasteiger charge is -2.20. The summed E-state index contributed by atoms with van der Waals surface area (Å²) in [4.78, 5) is 13.1. The van der Waals surface area contributed by atoms with Crippen LogP contribution in [0.5, 0.6) is 0 Å². The van der Waals surface area contributed by atoms with Crippen molar-refractivity contribution in [3.8, 4) is 0 Å². The van der Waals surface area contributed by atoms with E-state index in [1.54, 1.807) is 4.90 Å². The number of carbonyl (C=O) groups is 1. The maximum Gasteiger partial charge on any atom is 0.236 e. The summed E-state index contributed by atoms with van der Waals surface area (Å²) in [6.07, 6.45) is 0. The summed E-state index contributed by atoms with van der Waals surface area (Å²) in [7, 11) is 0. The summed E-state index contributed by atoms with van der Waals surface area (Å²) in [6.45, 7) is 3.24. The Bertz CT molecular complexity index is 327. The van der Waals surface area contributed by atoms with Crippen LogP contribution in [0.4, 0.5) is 0 Å². The Hall–Kier alpha value is -0.770. The summed E-state index contributed by atoms with van der Waals surface area (Å²) >= 11 is 5.77. The molecule has 1 amide bonds. The molecule has 0 fully saturated rings. The third-order valence-corrected chi connectivity index (χ3v) is 2.45. The largest absolute Gasteiger partial charge is 0.338 e. The highest BCUT2D eigenvalue weighted by atomic mass is 35.5. The monoisotopic (exact) mass is 262 g/mol. The Balaban J connectivity index is 0.00000225. The van der Waals surface area contributed by atoms with E-state index in [0.717, 1.165) is 5.56 Å². The topological polar surface area (TPSA) is 46.3 Å². The molecule has 0 heterocycles. The molecule has 0 radical (unpaired) electrons. The number of hydrogen-bond donors (Lipinski definition) is 1. The van der Waals surface area contributed by atoms with Gasteiger partial charge in [-0.15, -0.1) is 12.4 Å². The van der Waals surface area contributed by atoms with Gasteiger partial charge in [0.1, 0.15) is 0 Å². The zero-order valence-corrected chi connectivity index (χ0v) is 10.7. The first-order chi connectivity index (χ1) is 7.17. The van der Waals surface area contributed by atoms with Crippen molar-refractivity contribution in [3.63, 3.8) is 0 Å². The maximum atomic E-state index is 11.4. The van der Waals surface area contributed by atoms with Gasteiger partial charge in [0, 0.05) is 18.1 Å². The molecule has 0 aliphatic heterocycles. The molecule has 5 heteroatoms. The van der Waals surface area contributed by atoms with E-state index in [1.807, 2.05) is 31.2 Å². The summed E-state index contributed by atoms with van der Waals surface area (Å²) in [5, 5.41) is 0.701. The fourth-order valence-corrected chi connectivity index (χ4v) is 1.44. The van der Waals surface area contributed by atoms with Gasteiger partial charge in [0.25, 0.3) is 0 Å². The van der Waals surface area contributed by atoms with Crippen molar-refractivity contribution in [3.05, 3.63) is 34.9 Å². The highest BCUT2D eigenvalue weighted by Crippen LogP contribution is 2.11. The van der Waals surface area contributed by atoms with E-state index in [4.69, 9.17) is 17.3 Å². The number of halogens is 2. The smallest absolute Gasteiger partial charge is 0.236 e. The molecule has 3 nitrogen and oxygen atoms in total. The molecule has 0 saturated heterocycles. The minimum atomic E-state index is -0.0348. The molecule has 0 aliphatic carbocycles. The van der Waals surface area contributed by atoms with Crippen LogP contribution in [0.3, 0.4) is 0 Å². The number of likely N-dealkylation sites (N-methyl/N-ethyl adjacent to an activating group) is 1. The number of nitrogens with zero attached hydrogens (tertiary/aromatic N) is 1.